The molecule has 1 heterocycles. The first kappa shape index (κ1) is 10.5. The number of fused-ring (bicyclic) bond motifs is 2. The Morgan fingerprint density at radius 3 is 2.69 bits per heavy atom. The SMILES string of the molecule is C=C1C(=O)CC[C@]2(C)C1CCC21OCCO1. The first-order valence-electron chi connectivity index (χ1n) is 6.09. The van der Waals surface area contributed by atoms with Gasteiger partial charge in [0, 0.05) is 18.3 Å². The number of Topliss-reactive ketones (excluding diaryl/α,β-unsaturated/α-hetero) is 1. The molecule has 0 amide bonds. The van der Waals surface area contributed by atoms with Gasteiger partial charge in [-0.05, 0) is 24.3 Å². The molecule has 0 aromatic heterocycles. The molecule has 0 N–H and O–H groups in total. The summed E-state index contributed by atoms with van der Waals surface area (Å²) in [4.78, 5) is 11.7. The van der Waals surface area contributed by atoms with E-state index in [0.29, 0.717) is 19.6 Å². The Labute approximate surface area is 95.8 Å². The van der Waals surface area contributed by atoms with Gasteiger partial charge in [0.2, 0.25) is 0 Å². The number of rotatable bonds is 0. The highest BCUT2D eigenvalue weighted by atomic mass is 16.7. The average molecular weight is 222 g/mol. The molecule has 0 aromatic rings. The fourth-order valence-corrected chi connectivity index (χ4v) is 3.78. The van der Waals surface area contributed by atoms with Crippen LogP contribution in [-0.2, 0) is 14.3 Å². The van der Waals surface area contributed by atoms with E-state index >= 15 is 0 Å². The summed E-state index contributed by atoms with van der Waals surface area (Å²) >= 11 is 0. The molecule has 1 saturated heterocycles. The summed E-state index contributed by atoms with van der Waals surface area (Å²) in [5.41, 5.74) is 0.749. The zero-order chi connectivity index (χ0) is 11.4. The van der Waals surface area contributed by atoms with Gasteiger partial charge in [0.25, 0.3) is 0 Å². The molecule has 1 spiro atoms. The van der Waals surface area contributed by atoms with Gasteiger partial charge in [-0.25, -0.2) is 0 Å². The molecule has 2 aliphatic carbocycles. The van der Waals surface area contributed by atoms with Crippen molar-refractivity contribution in [1.29, 1.82) is 0 Å². The van der Waals surface area contributed by atoms with Gasteiger partial charge in [0.05, 0.1) is 13.2 Å². The normalized spacial score (nSPS) is 41.7. The fraction of sp³-hybridized carbons (Fsp3) is 0.769. The average Bonchev–Trinajstić information content (AvgIpc) is 2.84. The van der Waals surface area contributed by atoms with E-state index in [9.17, 15) is 4.79 Å². The Morgan fingerprint density at radius 2 is 2.00 bits per heavy atom. The monoisotopic (exact) mass is 222 g/mol. The van der Waals surface area contributed by atoms with Crippen LogP contribution in [0.4, 0.5) is 0 Å². The predicted molar refractivity (Wildman–Crippen MR) is 58.8 cm³/mol. The summed E-state index contributed by atoms with van der Waals surface area (Å²) in [5.74, 6) is 0.0609. The third-order valence-corrected chi connectivity index (χ3v) is 4.81. The lowest BCUT2D eigenvalue weighted by Crippen LogP contribution is -2.49. The number of ketones is 1. The molecule has 0 bridgehead atoms. The molecule has 3 fully saturated rings. The van der Waals surface area contributed by atoms with Crippen molar-refractivity contribution in [3.8, 4) is 0 Å². The van der Waals surface area contributed by atoms with Crippen LogP contribution in [0.3, 0.4) is 0 Å². The van der Waals surface area contributed by atoms with Crippen molar-refractivity contribution in [1.82, 2.24) is 0 Å². The summed E-state index contributed by atoms with van der Waals surface area (Å²) in [6.07, 6.45) is 3.34. The molecule has 16 heavy (non-hydrogen) atoms. The van der Waals surface area contributed by atoms with Gasteiger partial charge in [-0.2, -0.15) is 0 Å². The van der Waals surface area contributed by atoms with Crippen molar-refractivity contribution in [2.45, 2.75) is 38.4 Å². The minimum absolute atomic E-state index is 0.0471. The quantitative estimate of drug-likeness (QED) is 0.588. The van der Waals surface area contributed by atoms with E-state index in [4.69, 9.17) is 9.47 Å². The largest absolute Gasteiger partial charge is 0.347 e. The van der Waals surface area contributed by atoms with Crippen molar-refractivity contribution < 1.29 is 14.3 Å². The van der Waals surface area contributed by atoms with Crippen molar-refractivity contribution in [2.75, 3.05) is 13.2 Å². The van der Waals surface area contributed by atoms with E-state index in [1.54, 1.807) is 0 Å². The van der Waals surface area contributed by atoms with Gasteiger partial charge in [0.15, 0.2) is 11.6 Å². The van der Waals surface area contributed by atoms with Gasteiger partial charge < -0.3 is 9.47 Å². The van der Waals surface area contributed by atoms with Crippen LogP contribution in [0.15, 0.2) is 12.2 Å². The molecular weight excluding hydrogens is 204 g/mol. The Balaban J connectivity index is 1.99. The smallest absolute Gasteiger partial charge is 0.174 e. The van der Waals surface area contributed by atoms with E-state index in [2.05, 4.69) is 13.5 Å². The van der Waals surface area contributed by atoms with E-state index in [1.165, 1.54) is 0 Å². The number of hydrogen-bond donors (Lipinski definition) is 0. The second kappa shape index (κ2) is 3.17. The topological polar surface area (TPSA) is 35.5 Å². The predicted octanol–water partition coefficient (Wildman–Crippen LogP) is 2.06. The van der Waals surface area contributed by atoms with E-state index in [-0.39, 0.29) is 17.1 Å². The van der Waals surface area contributed by atoms with Crippen molar-refractivity contribution in [3.63, 3.8) is 0 Å². The Kier molecular flexibility index (Phi) is 2.08. The molecular formula is C13H18O3. The summed E-state index contributed by atoms with van der Waals surface area (Å²) in [6.45, 7) is 7.55. The van der Waals surface area contributed by atoms with Crippen LogP contribution in [0.5, 0.6) is 0 Å². The zero-order valence-electron chi connectivity index (χ0n) is 9.75. The molecule has 3 aliphatic rings. The maximum absolute atomic E-state index is 11.7. The molecule has 1 aliphatic heterocycles. The number of carbonyl (C=O) groups excluding carboxylic acids is 1. The van der Waals surface area contributed by atoms with Gasteiger partial charge in [-0.1, -0.05) is 13.5 Å². The summed E-state index contributed by atoms with van der Waals surface area (Å²) in [7, 11) is 0. The molecule has 3 nitrogen and oxygen atoms in total. The lowest BCUT2D eigenvalue weighted by molar-refractivity contribution is -0.226. The lowest BCUT2D eigenvalue weighted by atomic mass is 9.65. The summed E-state index contributed by atoms with van der Waals surface area (Å²) in [6, 6.07) is 0. The highest BCUT2D eigenvalue weighted by molar-refractivity contribution is 5.96. The van der Waals surface area contributed by atoms with Crippen molar-refractivity contribution in [2.24, 2.45) is 11.3 Å². The molecule has 2 atom stereocenters. The molecule has 3 rings (SSSR count). The van der Waals surface area contributed by atoms with Crippen molar-refractivity contribution in [3.05, 3.63) is 12.2 Å². The molecule has 88 valence electrons. The van der Waals surface area contributed by atoms with E-state index < -0.39 is 5.79 Å². The van der Waals surface area contributed by atoms with Gasteiger partial charge in [-0.15, -0.1) is 0 Å². The third kappa shape index (κ3) is 1.08. The minimum Gasteiger partial charge on any atom is -0.347 e. The minimum atomic E-state index is -0.429. The highest BCUT2D eigenvalue weighted by Crippen LogP contribution is 2.61. The third-order valence-electron chi connectivity index (χ3n) is 4.81. The molecule has 3 heteroatoms. The molecule has 2 saturated carbocycles. The van der Waals surface area contributed by atoms with Crippen LogP contribution in [0.25, 0.3) is 0 Å². The van der Waals surface area contributed by atoms with Crippen molar-refractivity contribution >= 4 is 5.78 Å². The van der Waals surface area contributed by atoms with Gasteiger partial charge in [-0.3, -0.25) is 4.79 Å². The summed E-state index contributed by atoms with van der Waals surface area (Å²) in [5, 5.41) is 0. The first-order valence-corrected chi connectivity index (χ1v) is 6.09. The maximum Gasteiger partial charge on any atom is 0.174 e. The number of allylic oxidation sites excluding steroid dienone is 1. The van der Waals surface area contributed by atoms with E-state index in [0.717, 1.165) is 24.8 Å². The molecule has 0 radical (unpaired) electrons. The van der Waals surface area contributed by atoms with Crippen LogP contribution in [0.2, 0.25) is 0 Å². The Hall–Kier alpha value is -0.670. The van der Waals surface area contributed by atoms with Crippen LogP contribution in [0, 0.1) is 11.3 Å². The van der Waals surface area contributed by atoms with E-state index in [1.807, 2.05) is 0 Å². The number of ether oxygens (including phenoxy) is 2. The van der Waals surface area contributed by atoms with Crippen LogP contribution >= 0.6 is 0 Å². The fourth-order valence-electron chi connectivity index (χ4n) is 3.78. The highest BCUT2D eigenvalue weighted by Gasteiger charge is 2.63. The second-order valence-electron chi connectivity index (χ2n) is 5.41. The van der Waals surface area contributed by atoms with Crippen LogP contribution < -0.4 is 0 Å². The molecule has 1 unspecified atom stereocenters. The maximum atomic E-state index is 11.7. The van der Waals surface area contributed by atoms with Gasteiger partial charge in [0.1, 0.15) is 0 Å². The number of carbonyl (C=O) groups is 1. The Morgan fingerprint density at radius 1 is 1.31 bits per heavy atom. The number of hydrogen-bond acceptors (Lipinski definition) is 3. The first-order chi connectivity index (χ1) is 7.59. The zero-order valence-corrected chi connectivity index (χ0v) is 9.75. The van der Waals surface area contributed by atoms with Gasteiger partial charge >= 0.3 is 0 Å². The second-order valence-corrected chi connectivity index (χ2v) is 5.41. The Bertz CT molecular complexity index is 354. The standard InChI is InChI=1S/C13H18O3/c1-9-10-3-6-13(15-7-8-16-13)12(10,2)5-4-11(9)14/h10H,1,3-8H2,2H3/t10?,12-/m1/s1. The van der Waals surface area contributed by atoms with Crippen LogP contribution in [-0.4, -0.2) is 24.8 Å². The molecule has 0 aromatic carbocycles. The lowest BCUT2D eigenvalue weighted by Gasteiger charge is -2.45. The summed E-state index contributed by atoms with van der Waals surface area (Å²) < 4.78 is 11.8. The van der Waals surface area contributed by atoms with Crippen LogP contribution in [0.1, 0.15) is 32.6 Å².